The lowest BCUT2D eigenvalue weighted by atomic mass is 9.80. The van der Waals surface area contributed by atoms with Crippen LogP contribution in [0.4, 0.5) is 0 Å². The summed E-state index contributed by atoms with van der Waals surface area (Å²) in [7, 11) is 1.27. The average molecular weight is 399 g/mol. The smallest absolute Gasteiger partial charge is 0.336 e. The third-order valence-electron chi connectivity index (χ3n) is 4.03. The van der Waals surface area contributed by atoms with Crippen molar-refractivity contribution in [1.82, 2.24) is 5.32 Å². The first-order valence-electron chi connectivity index (χ1n) is 7.91. The van der Waals surface area contributed by atoms with Crippen molar-refractivity contribution in [3.05, 3.63) is 56.3 Å². The summed E-state index contributed by atoms with van der Waals surface area (Å²) in [6.07, 6.45) is 0. The van der Waals surface area contributed by atoms with E-state index >= 15 is 0 Å². The summed E-state index contributed by atoms with van der Waals surface area (Å²) in [6, 6.07) is 5.05. The summed E-state index contributed by atoms with van der Waals surface area (Å²) in [4.78, 5) is 25.1. The van der Waals surface area contributed by atoms with Crippen molar-refractivity contribution >= 4 is 35.1 Å². The van der Waals surface area contributed by atoms with Gasteiger partial charge in [0.1, 0.15) is 6.61 Å². The molecule has 1 aromatic carbocycles. The van der Waals surface area contributed by atoms with Crippen molar-refractivity contribution in [2.75, 3.05) is 20.3 Å². The van der Waals surface area contributed by atoms with Gasteiger partial charge < -0.3 is 20.5 Å². The molecule has 140 valence electrons. The quantitative estimate of drug-likeness (QED) is 0.740. The molecule has 1 unspecified atom stereocenters. The summed E-state index contributed by atoms with van der Waals surface area (Å²) in [5, 5.41) is 3.61. The fourth-order valence-corrected chi connectivity index (χ4v) is 3.35. The highest BCUT2D eigenvalue weighted by molar-refractivity contribution is 6.42. The number of rotatable bonds is 5. The van der Waals surface area contributed by atoms with E-state index in [9.17, 15) is 9.59 Å². The molecule has 0 saturated carbocycles. The fourth-order valence-electron chi connectivity index (χ4n) is 2.93. The van der Waals surface area contributed by atoms with E-state index in [0.29, 0.717) is 22.0 Å². The van der Waals surface area contributed by atoms with Crippen LogP contribution in [-0.4, -0.2) is 32.2 Å². The molecule has 1 atom stereocenters. The van der Waals surface area contributed by atoms with Crippen molar-refractivity contribution in [3.8, 4) is 0 Å². The molecule has 1 aromatic rings. The Balaban J connectivity index is 2.68. The largest absolute Gasteiger partial charge is 0.466 e. The molecule has 2 rings (SSSR count). The third kappa shape index (κ3) is 3.87. The maximum atomic E-state index is 12.7. The summed E-state index contributed by atoms with van der Waals surface area (Å²) in [5.74, 6) is -1.94. The molecule has 1 aliphatic heterocycles. The van der Waals surface area contributed by atoms with Crippen LogP contribution in [0.15, 0.2) is 40.7 Å². The lowest BCUT2D eigenvalue weighted by molar-refractivity contribution is -0.139. The topological polar surface area (TPSA) is 90.6 Å². The zero-order chi connectivity index (χ0) is 19.4. The highest BCUT2D eigenvalue weighted by Crippen LogP contribution is 2.43. The van der Waals surface area contributed by atoms with Gasteiger partial charge in [0, 0.05) is 17.9 Å². The fraction of sp³-hybridized carbons (Fsp3) is 0.333. The van der Waals surface area contributed by atoms with Crippen LogP contribution in [0.2, 0.25) is 10.0 Å². The first kappa shape index (κ1) is 20.3. The first-order chi connectivity index (χ1) is 12.3. The van der Waals surface area contributed by atoms with Gasteiger partial charge in [0.25, 0.3) is 0 Å². The number of halogens is 2. The highest BCUT2D eigenvalue weighted by Gasteiger charge is 2.38. The molecule has 6 nitrogen and oxygen atoms in total. The Labute approximate surface area is 161 Å². The van der Waals surface area contributed by atoms with Crippen LogP contribution in [0.25, 0.3) is 0 Å². The van der Waals surface area contributed by atoms with Crippen molar-refractivity contribution < 1.29 is 19.1 Å². The molecular weight excluding hydrogens is 379 g/mol. The minimum atomic E-state index is -0.778. The van der Waals surface area contributed by atoms with Crippen LogP contribution in [0.3, 0.4) is 0 Å². The summed E-state index contributed by atoms with van der Waals surface area (Å²) in [5.41, 5.74) is 7.57. The molecule has 0 bridgehead atoms. The molecule has 0 saturated heterocycles. The molecule has 0 spiro atoms. The monoisotopic (exact) mass is 398 g/mol. The lowest BCUT2D eigenvalue weighted by Gasteiger charge is -2.30. The van der Waals surface area contributed by atoms with Crippen molar-refractivity contribution in [1.29, 1.82) is 0 Å². The number of hydrogen-bond acceptors (Lipinski definition) is 6. The predicted molar refractivity (Wildman–Crippen MR) is 99.8 cm³/mol. The first-order valence-corrected chi connectivity index (χ1v) is 8.67. The molecule has 1 aliphatic rings. The Kier molecular flexibility index (Phi) is 6.69. The number of dihydropyridines is 1. The standard InChI is InChI=1S/C18H20Cl2N2O4/c1-9-13(17(23)25-3)15(11-5-4-6-12(19)16(11)20)14(10(2)22-9)18(24)26-8-7-21/h4-6,15,22H,7-8,21H2,1-3H3. The molecule has 0 aliphatic carbocycles. The molecule has 1 heterocycles. The number of ether oxygens (including phenoxy) is 2. The van der Waals surface area contributed by atoms with Gasteiger partial charge in [-0.15, -0.1) is 0 Å². The number of esters is 2. The zero-order valence-electron chi connectivity index (χ0n) is 14.7. The van der Waals surface area contributed by atoms with Crippen molar-refractivity contribution in [3.63, 3.8) is 0 Å². The van der Waals surface area contributed by atoms with Gasteiger partial charge in [-0.25, -0.2) is 9.59 Å². The molecule has 8 heteroatoms. The number of nitrogens with one attached hydrogen (secondary N) is 1. The minimum absolute atomic E-state index is 0.0574. The normalized spacial score (nSPS) is 17.1. The van der Waals surface area contributed by atoms with Gasteiger partial charge in [0.2, 0.25) is 0 Å². The number of hydrogen-bond donors (Lipinski definition) is 2. The number of carbonyl (C=O) groups is 2. The molecular formula is C18H20Cl2N2O4. The van der Waals surface area contributed by atoms with Crippen LogP contribution >= 0.6 is 23.2 Å². The van der Waals surface area contributed by atoms with E-state index in [2.05, 4.69) is 5.32 Å². The van der Waals surface area contributed by atoms with Crippen LogP contribution < -0.4 is 11.1 Å². The van der Waals surface area contributed by atoms with Gasteiger partial charge in [0.05, 0.1) is 34.2 Å². The Bertz CT molecular complexity index is 802. The van der Waals surface area contributed by atoms with Crippen molar-refractivity contribution in [2.45, 2.75) is 19.8 Å². The van der Waals surface area contributed by atoms with E-state index in [1.165, 1.54) is 7.11 Å². The van der Waals surface area contributed by atoms with Crippen molar-refractivity contribution in [2.24, 2.45) is 5.73 Å². The van der Waals surface area contributed by atoms with Gasteiger partial charge in [-0.2, -0.15) is 0 Å². The SMILES string of the molecule is COC(=O)C1=C(C)NC(C)=C(C(=O)OCCN)C1c1cccc(Cl)c1Cl. The molecule has 3 N–H and O–H groups in total. The number of carbonyl (C=O) groups excluding carboxylic acids is 2. The number of methoxy groups -OCH3 is 1. The third-order valence-corrected chi connectivity index (χ3v) is 4.86. The second kappa shape index (κ2) is 8.58. The molecule has 0 aromatic heterocycles. The van der Waals surface area contributed by atoms with E-state index in [1.807, 2.05) is 0 Å². The van der Waals surface area contributed by atoms with Crippen LogP contribution in [0.5, 0.6) is 0 Å². The van der Waals surface area contributed by atoms with Crippen LogP contribution in [0, 0.1) is 0 Å². The van der Waals surface area contributed by atoms with E-state index < -0.39 is 17.9 Å². The zero-order valence-corrected chi connectivity index (χ0v) is 16.2. The number of nitrogens with two attached hydrogens (primary N) is 1. The van der Waals surface area contributed by atoms with Gasteiger partial charge in [-0.05, 0) is 25.5 Å². The Morgan fingerprint density at radius 1 is 1.15 bits per heavy atom. The number of benzene rings is 1. The maximum absolute atomic E-state index is 12.7. The molecule has 26 heavy (non-hydrogen) atoms. The van der Waals surface area contributed by atoms with Crippen LogP contribution in [-0.2, 0) is 19.1 Å². The van der Waals surface area contributed by atoms with Crippen LogP contribution in [0.1, 0.15) is 25.3 Å². The second-order valence-corrected chi connectivity index (χ2v) is 6.48. The van der Waals surface area contributed by atoms with Gasteiger partial charge in [0.15, 0.2) is 0 Å². The Morgan fingerprint density at radius 2 is 1.77 bits per heavy atom. The highest BCUT2D eigenvalue weighted by atomic mass is 35.5. The molecule has 0 radical (unpaired) electrons. The number of allylic oxidation sites excluding steroid dienone is 2. The summed E-state index contributed by atoms with van der Waals surface area (Å²) >= 11 is 12.5. The second-order valence-electron chi connectivity index (χ2n) is 5.69. The Hall–Kier alpha value is -2.02. The Morgan fingerprint density at radius 3 is 2.35 bits per heavy atom. The maximum Gasteiger partial charge on any atom is 0.336 e. The summed E-state index contributed by atoms with van der Waals surface area (Å²) < 4.78 is 10.1. The van der Waals surface area contributed by atoms with E-state index in [4.69, 9.17) is 38.4 Å². The van der Waals surface area contributed by atoms with Gasteiger partial charge >= 0.3 is 11.9 Å². The molecule has 0 amide bonds. The van der Waals surface area contributed by atoms with Gasteiger partial charge in [-0.3, -0.25) is 0 Å². The lowest BCUT2D eigenvalue weighted by Crippen LogP contribution is -2.32. The van der Waals surface area contributed by atoms with E-state index in [1.54, 1.807) is 32.0 Å². The van der Waals surface area contributed by atoms with Gasteiger partial charge in [-0.1, -0.05) is 35.3 Å². The summed E-state index contributed by atoms with van der Waals surface area (Å²) in [6.45, 7) is 3.69. The average Bonchev–Trinajstić information content (AvgIpc) is 2.60. The van der Waals surface area contributed by atoms with E-state index in [-0.39, 0.29) is 29.3 Å². The molecule has 0 fully saturated rings. The minimum Gasteiger partial charge on any atom is -0.466 e. The predicted octanol–water partition coefficient (Wildman–Crippen LogP) is 2.90. The van der Waals surface area contributed by atoms with E-state index in [0.717, 1.165) is 0 Å².